The topological polar surface area (TPSA) is 62.4 Å². The second-order valence-corrected chi connectivity index (χ2v) is 5.21. The third-order valence-corrected chi connectivity index (χ3v) is 2.52. The number of aliphatic hydroxyl groups is 1. The second-order valence-electron chi connectivity index (χ2n) is 5.21. The summed E-state index contributed by atoms with van der Waals surface area (Å²) in [5, 5.41) is 12.9. The van der Waals surface area contributed by atoms with Crippen LogP contribution in [-0.4, -0.2) is 39.8 Å². The average molecular weight is 227 g/mol. The van der Waals surface area contributed by atoms with Gasteiger partial charge in [0.15, 0.2) is 5.82 Å². The Kier molecular flexibility index (Phi) is 4.04. The Balaban J connectivity index is 2.66. The first-order valence-corrected chi connectivity index (χ1v) is 5.48. The maximum atomic E-state index is 9.01. The van der Waals surface area contributed by atoms with Gasteiger partial charge in [-0.2, -0.15) is 4.98 Å². The monoisotopic (exact) mass is 227 g/mol. The van der Waals surface area contributed by atoms with Crippen LogP contribution in [0.5, 0.6) is 0 Å². The van der Waals surface area contributed by atoms with Gasteiger partial charge in [-0.15, -0.1) is 0 Å². The van der Waals surface area contributed by atoms with Gasteiger partial charge >= 0.3 is 0 Å². The summed E-state index contributed by atoms with van der Waals surface area (Å²) in [6, 6.07) is 0.0941. The molecule has 0 amide bonds. The van der Waals surface area contributed by atoms with Crippen LogP contribution in [0, 0.1) is 0 Å². The Hall–Kier alpha value is -0.940. The Bertz CT molecular complexity index is 330. The van der Waals surface area contributed by atoms with Gasteiger partial charge < -0.3 is 9.63 Å². The third-order valence-electron chi connectivity index (χ3n) is 2.52. The fourth-order valence-corrected chi connectivity index (χ4v) is 1.14. The highest BCUT2D eigenvalue weighted by Crippen LogP contribution is 2.19. The summed E-state index contributed by atoms with van der Waals surface area (Å²) in [7, 11) is 1.92. The van der Waals surface area contributed by atoms with E-state index in [0.29, 0.717) is 18.3 Å². The number of hydrogen-bond acceptors (Lipinski definition) is 5. The van der Waals surface area contributed by atoms with Gasteiger partial charge in [-0.25, -0.2) is 0 Å². The van der Waals surface area contributed by atoms with E-state index in [9.17, 15) is 0 Å². The molecule has 1 unspecified atom stereocenters. The van der Waals surface area contributed by atoms with Crippen molar-refractivity contribution in [2.45, 2.75) is 45.7 Å². The normalized spacial score (nSPS) is 14.4. The molecule has 0 spiro atoms. The van der Waals surface area contributed by atoms with Gasteiger partial charge in [0.05, 0.1) is 13.2 Å². The molecule has 1 N–H and O–H groups in total. The highest BCUT2D eigenvalue weighted by molar-refractivity contribution is 4.98. The largest absolute Gasteiger partial charge is 0.395 e. The van der Waals surface area contributed by atoms with Crippen LogP contribution in [0.4, 0.5) is 0 Å². The molecule has 1 aromatic heterocycles. The van der Waals surface area contributed by atoms with Crippen LogP contribution in [0.25, 0.3) is 0 Å². The molecule has 5 heteroatoms. The fourth-order valence-electron chi connectivity index (χ4n) is 1.14. The van der Waals surface area contributed by atoms with E-state index in [1.807, 2.05) is 39.6 Å². The van der Waals surface area contributed by atoms with Gasteiger partial charge in [-0.3, -0.25) is 4.90 Å². The second kappa shape index (κ2) is 4.93. The molecule has 1 heterocycles. The van der Waals surface area contributed by atoms with E-state index in [-0.39, 0.29) is 18.1 Å². The minimum absolute atomic E-state index is 0.0941. The van der Waals surface area contributed by atoms with E-state index in [0.717, 1.165) is 0 Å². The number of hydrogen-bond donors (Lipinski definition) is 1. The summed E-state index contributed by atoms with van der Waals surface area (Å²) in [5.41, 5.74) is -0.119. The number of likely N-dealkylation sites (N-methyl/N-ethyl adjacent to an activating group) is 1. The lowest BCUT2D eigenvalue weighted by molar-refractivity contribution is 0.150. The maximum Gasteiger partial charge on any atom is 0.232 e. The first kappa shape index (κ1) is 13.1. The van der Waals surface area contributed by atoms with Crippen molar-refractivity contribution >= 4 is 0 Å². The zero-order valence-electron chi connectivity index (χ0n) is 10.7. The molecule has 0 fully saturated rings. The van der Waals surface area contributed by atoms with Gasteiger partial charge in [-0.05, 0) is 14.0 Å². The summed E-state index contributed by atoms with van der Waals surface area (Å²) < 4.78 is 5.19. The van der Waals surface area contributed by atoms with Crippen LogP contribution in [0.15, 0.2) is 4.52 Å². The van der Waals surface area contributed by atoms with E-state index in [4.69, 9.17) is 9.63 Å². The Morgan fingerprint density at radius 3 is 2.50 bits per heavy atom. The van der Waals surface area contributed by atoms with Crippen LogP contribution in [0.1, 0.15) is 39.4 Å². The van der Waals surface area contributed by atoms with Crippen molar-refractivity contribution in [3.8, 4) is 0 Å². The zero-order valence-corrected chi connectivity index (χ0v) is 10.7. The van der Waals surface area contributed by atoms with Crippen molar-refractivity contribution < 1.29 is 9.63 Å². The molecule has 0 aromatic carbocycles. The summed E-state index contributed by atoms with van der Waals surface area (Å²) >= 11 is 0. The van der Waals surface area contributed by atoms with E-state index in [1.54, 1.807) is 0 Å². The quantitative estimate of drug-likeness (QED) is 0.837. The molecule has 16 heavy (non-hydrogen) atoms. The third kappa shape index (κ3) is 3.28. The first-order chi connectivity index (χ1) is 7.34. The Morgan fingerprint density at radius 1 is 1.44 bits per heavy atom. The fraction of sp³-hybridized carbons (Fsp3) is 0.818. The SMILES string of the molecule is CC(CO)N(C)Cc1noc(C(C)(C)C)n1. The summed E-state index contributed by atoms with van der Waals surface area (Å²) in [6.07, 6.45) is 0. The molecule has 0 aliphatic heterocycles. The maximum absolute atomic E-state index is 9.01. The van der Waals surface area contributed by atoms with Gasteiger partial charge in [-0.1, -0.05) is 25.9 Å². The van der Waals surface area contributed by atoms with E-state index in [1.165, 1.54) is 0 Å². The molecule has 1 rings (SSSR count). The molecule has 0 radical (unpaired) electrons. The van der Waals surface area contributed by atoms with Crippen molar-refractivity contribution in [1.29, 1.82) is 0 Å². The lowest BCUT2D eigenvalue weighted by Gasteiger charge is -2.20. The van der Waals surface area contributed by atoms with Crippen molar-refractivity contribution in [1.82, 2.24) is 15.0 Å². The smallest absolute Gasteiger partial charge is 0.232 e. The van der Waals surface area contributed by atoms with Gasteiger partial charge in [0.1, 0.15) is 0 Å². The number of aromatic nitrogens is 2. The minimum Gasteiger partial charge on any atom is -0.395 e. The lowest BCUT2D eigenvalue weighted by atomic mass is 9.97. The van der Waals surface area contributed by atoms with Gasteiger partial charge in [0, 0.05) is 11.5 Å². The van der Waals surface area contributed by atoms with Crippen LogP contribution in [0.2, 0.25) is 0 Å². The van der Waals surface area contributed by atoms with E-state index < -0.39 is 0 Å². The number of rotatable bonds is 4. The van der Waals surface area contributed by atoms with Gasteiger partial charge in [0.25, 0.3) is 0 Å². The summed E-state index contributed by atoms with van der Waals surface area (Å²) in [4.78, 5) is 6.32. The van der Waals surface area contributed by atoms with Crippen LogP contribution >= 0.6 is 0 Å². The predicted octanol–water partition coefficient (Wildman–Crippen LogP) is 1.18. The molecule has 5 nitrogen and oxygen atoms in total. The number of nitrogens with zero attached hydrogens (tertiary/aromatic N) is 3. The van der Waals surface area contributed by atoms with Crippen molar-refractivity contribution in [2.75, 3.05) is 13.7 Å². The standard InChI is InChI=1S/C11H21N3O2/c1-8(7-15)14(5)6-9-12-10(16-13-9)11(2,3)4/h8,15H,6-7H2,1-5H3. The van der Waals surface area contributed by atoms with Crippen LogP contribution in [0.3, 0.4) is 0 Å². The average Bonchev–Trinajstić information content (AvgIpc) is 2.64. The molecule has 0 aliphatic carbocycles. The molecular weight excluding hydrogens is 206 g/mol. The molecule has 0 bridgehead atoms. The van der Waals surface area contributed by atoms with E-state index in [2.05, 4.69) is 10.1 Å². The predicted molar refractivity (Wildman–Crippen MR) is 61.0 cm³/mol. The van der Waals surface area contributed by atoms with E-state index >= 15 is 0 Å². The highest BCUT2D eigenvalue weighted by Gasteiger charge is 2.22. The number of aliphatic hydroxyl groups excluding tert-OH is 1. The molecule has 0 aliphatic rings. The molecule has 0 saturated carbocycles. The van der Waals surface area contributed by atoms with Crippen LogP contribution in [-0.2, 0) is 12.0 Å². The molecule has 92 valence electrons. The summed E-state index contributed by atoms with van der Waals surface area (Å²) in [6.45, 7) is 8.76. The lowest BCUT2D eigenvalue weighted by Crippen LogP contribution is -2.31. The Labute approximate surface area is 96.5 Å². The summed E-state index contributed by atoms with van der Waals surface area (Å²) in [5.74, 6) is 1.31. The van der Waals surface area contributed by atoms with Crippen molar-refractivity contribution in [3.63, 3.8) is 0 Å². The molecule has 1 aromatic rings. The highest BCUT2D eigenvalue weighted by atomic mass is 16.5. The molecular formula is C11H21N3O2. The first-order valence-electron chi connectivity index (χ1n) is 5.48. The molecule has 0 saturated heterocycles. The van der Waals surface area contributed by atoms with Crippen molar-refractivity contribution in [3.05, 3.63) is 11.7 Å². The molecule has 1 atom stereocenters. The van der Waals surface area contributed by atoms with Crippen LogP contribution < -0.4 is 0 Å². The van der Waals surface area contributed by atoms with Crippen molar-refractivity contribution in [2.24, 2.45) is 0 Å². The van der Waals surface area contributed by atoms with Gasteiger partial charge in [0.2, 0.25) is 5.89 Å². The Morgan fingerprint density at radius 2 is 2.06 bits per heavy atom. The zero-order chi connectivity index (χ0) is 12.3. The minimum atomic E-state index is -0.119.